The molecule has 1 unspecified atom stereocenters. The van der Waals surface area contributed by atoms with Crippen molar-refractivity contribution in [1.29, 1.82) is 0 Å². The zero-order chi connectivity index (χ0) is 13.2. The molecule has 3 nitrogen and oxygen atoms in total. The lowest BCUT2D eigenvalue weighted by molar-refractivity contribution is 0.0697. The molecule has 2 N–H and O–H groups in total. The van der Waals surface area contributed by atoms with Gasteiger partial charge in [-0.05, 0) is 31.4 Å². The lowest BCUT2D eigenvalue weighted by Crippen LogP contribution is -2.02. The minimum atomic E-state index is -0.879. The maximum atomic E-state index is 10.2. The number of rotatable bonds is 1. The summed E-state index contributed by atoms with van der Waals surface area (Å²) in [5.41, 5.74) is 0.331. The third-order valence-electron chi connectivity index (χ3n) is 2.75. The molecule has 0 aliphatic heterocycles. The first-order chi connectivity index (χ1) is 8.70. The van der Waals surface area contributed by atoms with Crippen LogP contribution < -0.4 is 0 Å². The third kappa shape index (κ3) is 6.21. The summed E-state index contributed by atoms with van der Waals surface area (Å²) in [6.07, 6.45) is 9.71. The number of aliphatic hydroxyl groups excluding tert-OH is 1. The van der Waals surface area contributed by atoms with Crippen molar-refractivity contribution in [1.82, 2.24) is 0 Å². The van der Waals surface area contributed by atoms with Gasteiger partial charge >= 0.3 is 5.97 Å². The molecule has 0 radical (unpaired) electrons. The molecule has 1 atom stereocenters. The highest BCUT2D eigenvalue weighted by Crippen LogP contribution is 2.10. The number of allylic oxidation sites excluding steroid dienone is 1. The highest BCUT2D eigenvalue weighted by atomic mass is 16.4. The molecule has 0 aromatic heterocycles. The minimum Gasteiger partial charge on any atom is -0.478 e. The Bertz CT molecular complexity index is 371. The highest BCUT2D eigenvalue weighted by molar-refractivity contribution is 5.87. The number of benzene rings is 1. The van der Waals surface area contributed by atoms with Crippen LogP contribution in [-0.2, 0) is 0 Å². The molecule has 0 saturated heterocycles. The third-order valence-corrected chi connectivity index (χ3v) is 2.75. The van der Waals surface area contributed by atoms with E-state index in [2.05, 4.69) is 6.08 Å². The van der Waals surface area contributed by atoms with E-state index in [0.29, 0.717) is 5.56 Å². The van der Waals surface area contributed by atoms with Crippen LogP contribution in [0.3, 0.4) is 0 Å². The minimum absolute atomic E-state index is 0.162. The van der Waals surface area contributed by atoms with Crippen molar-refractivity contribution >= 4 is 5.97 Å². The van der Waals surface area contributed by atoms with E-state index in [9.17, 15) is 4.79 Å². The summed E-state index contributed by atoms with van der Waals surface area (Å²) in [6, 6.07) is 8.30. The van der Waals surface area contributed by atoms with Gasteiger partial charge in [0.05, 0.1) is 11.7 Å². The first kappa shape index (κ1) is 14.5. The van der Waals surface area contributed by atoms with Crippen molar-refractivity contribution in [2.24, 2.45) is 0 Å². The van der Waals surface area contributed by atoms with E-state index in [1.54, 1.807) is 30.3 Å². The van der Waals surface area contributed by atoms with Gasteiger partial charge in [0.1, 0.15) is 0 Å². The Morgan fingerprint density at radius 2 is 1.83 bits per heavy atom. The van der Waals surface area contributed by atoms with Crippen LogP contribution in [0.25, 0.3) is 0 Å². The molecular weight excluding hydrogens is 228 g/mol. The Hall–Kier alpha value is -1.61. The quantitative estimate of drug-likeness (QED) is 0.750. The number of hydrogen-bond donors (Lipinski definition) is 2. The Labute approximate surface area is 108 Å². The van der Waals surface area contributed by atoms with E-state index in [1.165, 1.54) is 19.3 Å². The number of aromatic carboxylic acids is 1. The number of carboxylic acids is 1. The first-order valence-electron chi connectivity index (χ1n) is 6.33. The van der Waals surface area contributed by atoms with Crippen LogP contribution in [0.1, 0.15) is 42.5 Å². The predicted octanol–water partition coefficient (Wildman–Crippen LogP) is 3.25. The van der Waals surface area contributed by atoms with Crippen LogP contribution in [-0.4, -0.2) is 22.3 Å². The molecule has 3 heteroatoms. The SMILES string of the molecule is O=C(O)c1ccccc1.OC1C=CCCCCC1. The van der Waals surface area contributed by atoms with Gasteiger partial charge in [-0.2, -0.15) is 0 Å². The largest absolute Gasteiger partial charge is 0.478 e. The van der Waals surface area contributed by atoms with Crippen LogP contribution in [0, 0.1) is 0 Å². The Balaban J connectivity index is 0.000000180. The fourth-order valence-corrected chi connectivity index (χ4v) is 1.72. The van der Waals surface area contributed by atoms with Crippen molar-refractivity contribution in [2.45, 2.75) is 38.2 Å². The Kier molecular flexibility index (Phi) is 6.81. The van der Waals surface area contributed by atoms with Gasteiger partial charge in [0.2, 0.25) is 0 Å². The van der Waals surface area contributed by atoms with Gasteiger partial charge in [-0.3, -0.25) is 0 Å². The summed E-state index contributed by atoms with van der Waals surface area (Å²) in [7, 11) is 0. The Morgan fingerprint density at radius 3 is 2.44 bits per heavy atom. The maximum Gasteiger partial charge on any atom is 0.335 e. The zero-order valence-corrected chi connectivity index (χ0v) is 10.5. The van der Waals surface area contributed by atoms with E-state index in [1.807, 2.05) is 6.08 Å². The van der Waals surface area contributed by atoms with Gasteiger partial charge in [-0.1, -0.05) is 43.2 Å². The van der Waals surface area contributed by atoms with E-state index >= 15 is 0 Å². The number of hydrogen-bond acceptors (Lipinski definition) is 2. The van der Waals surface area contributed by atoms with Crippen LogP contribution in [0.4, 0.5) is 0 Å². The smallest absolute Gasteiger partial charge is 0.335 e. The van der Waals surface area contributed by atoms with Gasteiger partial charge in [0.15, 0.2) is 0 Å². The molecule has 1 aromatic rings. The second-order valence-electron chi connectivity index (χ2n) is 4.30. The number of aliphatic hydroxyl groups is 1. The molecule has 1 aliphatic rings. The molecule has 2 rings (SSSR count). The summed E-state index contributed by atoms with van der Waals surface area (Å²) in [6.45, 7) is 0. The van der Waals surface area contributed by atoms with Gasteiger partial charge < -0.3 is 10.2 Å². The van der Waals surface area contributed by atoms with Crippen LogP contribution >= 0.6 is 0 Å². The normalized spacial score (nSPS) is 19.1. The molecule has 0 saturated carbocycles. The molecule has 1 aliphatic carbocycles. The lowest BCUT2D eigenvalue weighted by atomic mass is 10.0. The van der Waals surface area contributed by atoms with Crippen molar-refractivity contribution in [3.8, 4) is 0 Å². The van der Waals surface area contributed by atoms with Gasteiger partial charge in [0, 0.05) is 0 Å². The summed E-state index contributed by atoms with van der Waals surface area (Å²) in [5, 5.41) is 17.5. The van der Waals surface area contributed by atoms with E-state index in [4.69, 9.17) is 10.2 Å². The Morgan fingerprint density at radius 1 is 1.11 bits per heavy atom. The van der Waals surface area contributed by atoms with Crippen molar-refractivity contribution in [3.63, 3.8) is 0 Å². The second-order valence-corrected chi connectivity index (χ2v) is 4.30. The lowest BCUT2D eigenvalue weighted by Gasteiger charge is -2.07. The number of carboxylic acid groups (broad SMARTS) is 1. The first-order valence-corrected chi connectivity index (χ1v) is 6.33. The molecule has 0 spiro atoms. The average Bonchev–Trinajstić information content (AvgIpc) is 2.36. The number of carbonyl (C=O) groups is 1. The van der Waals surface area contributed by atoms with E-state index in [-0.39, 0.29) is 6.10 Å². The van der Waals surface area contributed by atoms with Gasteiger partial charge in [-0.25, -0.2) is 4.79 Å². The van der Waals surface area contributed by atoms with Crippen molar-refractivity contribution in [3.05, 3.63) is 48.0 Å². The van der Waals surface area contributed by atoms with Crippen LogP contribution in [0.15, 0.2) is 42.5 Å². The fraction of sp³-hybridized carbons (Fsp3) is 0.400. The van der Waals surface area contributed by atoms with Crippen LogP contribution in [0.5, 0.6) is 0 Å². The average molecular weight is 248 g/mol. The second kappa shape index (κ2) is 8.48. The highest BCUT2D eigenvalue weighted by Gasteiger charge is 2.00. The van der Waals surface area contributed by atoms with Crippen molar-refractivity contribution < 1.29 is 15.0 Å². The van der Waals surface area contributed by atoms with Crippen LogP contribution in [0.2, 0.25) is 0 Å². The molecule has 0 bridgehead atoms. The summed E-state index contributed by atoms with van der Waals surface area (Å²) in [4.78, 5) is 10.2. The summed E-state index contributed by atoms with van der Waals surface area (Å²) < 4.78 is 0. The van der Waals surface area contributed by atoms with E-state index < -0.39 is 5.97 Å². The molecule has 0 amide bonds. The van der Waals surface area contributed by atoms with E-state index in [0.717, 1.165) is 12.8 Å². The molecule has 18 heavy (non-hydrogen) atoms. The molecule has 0 heterocycles. The predicted molar refractivity (Wildman–Crippen MR) is 71.6 cm³/mol. The maximum absolute atomic E-state index is 10.2. The molecule has 98 valence electrons. The summed E-state index contributed by atoms with van der Waals surface area (Å²) >= 11 is 0. The standard InChI is InChI=1S/C8H14O.C7H6O2/c9-8-6-4-2-1-3-5-7-8;8-7(9)6-4-2-1-3-5-6/h4,6,8-9H,1-3,5,7H2;1-5H,(H,8,9). The fourth-order valence-electron chi connectivity index (χ4n) is 1.72. The van der Waals surface area contributed by atoms with Gasteiger partial charge in [0.25, 0.3) is 0 Å². The molecule has 0 fully saturated rings. The monoisotopic (exact) mass is 248 g/mol. The zero-order valence-electron chi connectivity index (χ0n) is 10.5. The molecule has 1 aromatic carbocycles. The molecular formula is C15H20O3. The summed E-state index contributed by atoms with van der Waals surface area (Å²) in [5.74, 6) is -0.879. The van der Waals surface area contributed by atoms with Crippen molar-refractivity contribution in [2.75, 3.05) is 0 Å². The van der Waals surface area contributed by atoms with Gasteiger partial charge in [-0.15, -0.1) is 0 Å². The topological polar surface area (TPSA) is 57.5 Å².